The maximum Gasteiger partial charge on any atom is 0.494 e. The van der Waals surface area contributed by atoms with E-state index < -0.39 is 21.4 Å². The van der Waals surface area contributed by atoms with Crippen molar-refractivity contribution in [2.75, 3.05) is 26.7 Å². The summed E-state index contributed by atoms with van der Waals surface area (Å²) in [7, 11) is -5.09. The molecule has 1 saturated heterocycles. The fourth-order valence-corrected chi connectivity index (χ4v) is 17.7. The van der Waals surface area contributed by atoms with Crippen LogP contribution in [0.4, 0.5) is 0 Å². The van der Waals surface area contributed by atoms with Gasteiger partial charge in [0.15, 0.2) is 0 Å². The minimum Gasteiger partial charge on any atom is -0.399 e. The maximum atomic E-state index is 13.2. The van der Waals surface area contributed by atoms with Crippen LogP contribution in [0.2, 0.25) is 0 Å². The largest absolute Gasteiger partial charge is 0.494 e. The molecule has 16 aromatic rings. The molecule has 0 aromatic heterocycles. The van der Waals surface area contributed by atoms with E-state index in [1.807, 2.05) is 77.4 Å². The van der Waals surface area contributed by atoms with E-state index in [9.17, 15) is 9.13 Å². The van der Waals surface area contributed by atoms with E-state index in [0.29, 0.717) is 0 Å². The van der Waals surface area contributed by atoms with Crippen molar-refractivity contribution in [3.63, 3.8) is 0 Å². The van der Waals surface area contributed by atoms with Crippen LogP contribution < -0.4 is 16.1 Å². The lowest BCUT2D eigenvalue weighted by molar-refractivity contribution is 0.00578. The van der Waals surface area contributed by atoms with E-state index in [0.717, 1.165) is 37.2 Å². The highest BCUT2D eigenvalue weighted by Gasteiger charge is 2.52. The maximum absolute atomic E-state index is 13.2. The molecule has 0 N–H and O–H groups in total. The molecule has 0 atom stereocenters. The van der Waals surface area contributed by atoms with Crippen molar-refractivity contribution in [3.8, 4) is 33.4 Å². The topological polar surface area (TPSA) is 52.6 Å². The summed E-state index contributed by atoms with van der Waals surface area (Å²) < 4.78 is 38.5. The minimum atomic E-state index is -2.44. The molecule has 17 rings (SSSR count). The van der Waals surface area contributed by atoms with E-state index in [-0.39, 0.29) is 11.2 Å². The monoisotopic (exact) mass is 1530 g/mol. The first-order valence-electron chi connectivity index (χ1n) is 37.5. The van der Waals surface area contributed by atoms with Crippen molar-refractivity contribution < 1.29 is 18.4 Å². The molecule has 0 spiro atoms. The van der Waals surface area contributed by atoms with Gasteiger partial charge < -0.3 is 18.4 Å². The van der Waals surface area contributed by atoms with Gasteiger partial charge in [-0.1, -0.05) is 358 Å². The van der Waals surface area contributed by atoms with E-state index >= 15 is 0 Å². The summed E-state index contributed by atoms with van der Waals surface area (Å²) in [6.45, 7) is 15.4. The zero-order valence-electron chi connectivity index (χ0n) is 63.3. The van der Waals surface area contributed by atoms with Crippen LogP contribution in [0.25, 0.3) is 98.8 Å². The Morgan fingerprint density at radius 1 is 0.264 bits per heavy atom. The van der Waals surface area contributed by atoms with Crippen LogP contribution in [0.1, 0.15) is 72.2 Å². The van der Waals surface area contributed by atoms with Gasteiger partial charge in [0.2, 0.25) is 0 Å². The molecule has 0 radical (unpaired) electrons. The number of benzene rings is 16. The van der Waals surface area contributed by atoms with Crippen LogP contribution in [0.15, 0.2) is 381 Å². The molecule has 1 fully saturated rings. The molecule has 0 saturated carbocycles. The zero-order chi connectivity index (χ0) is 76.2. The first kappa shape index (κ1) is 74.4. The Hall–Kier alpha value is -11.0. The van der Waals surface area contributed by atoms with Crippen molar-refractivity contribution in [1.82, 2.24) is 0 Å². The van der Waals surface area contributed by atoms with Crippen LogP contribution in [0, 0.1) is 0 Å². The standard InChI is InChI=1S/C48H37OP.C40H27Br.C14H22BO3P/c1-50(2,49)40-27-17-26-39(33-40)48-43-30-14-12-28-41(43)47(42-29-13-15-31-44(42)48)38-25-16-24-37(32-38)46(36-22-10-5-11-23-36)45(34-18-6-3-7-19-34)35-20-8-4-9-21-35;41-40-35-25-12-10-23-33(35)39(34-24-11-13-26-36(34)40)32-22-14-21-31(27-32)38(30-19-8-3-9-20-30)37(28-15-4-1-5-16-28)29-17-6-2-7-18-29;1-13(2)14(3,4)18-15(17-13)11-8-7-9-12(10-11)19(5,6)16/h3-33H,1-2H3;1-27H;7-10H,1-6H3. The number of fused-ring (bicyclic) bond motifs is 4. The highest BCUT2D eigenvalue weighted by molar-refractivity contribution is 9.10. The second-order valence-electron chi connectivity index (χ2n) is 29.9. The van der Waals surface area contributed by atoms with Crippen LogP contribution in [0.3, 0.4) is 0 Å². The van der Waals surface area contributed by atoms with Gasteiger partial charge in [-0.05, 0) is 237 Å². The van der Waals surface area contributed by atoms with Crippen molar-refractivity contribution in [2.45, 2.75) is 38.9 Å². The summed E-state index contributed by atoms with van der Waals surface area (Å²) in [6, 6.07) is 133. The summed E-state index contributed by atoms with van der Waals surface area (Å²) >= 11 is 3.92. The Morgan fingerprint density at radius 2 is 0.491 bits per heavy atom. The van der Waals surface area contributed by atoms with Gasteiger partial charge in [0.25, 0.3) is 0 Å². The number of rotatable bonds is 14. The summed E-state index contributed by atoms with van der Waals surface area (Å²) in [5.74, 6) is 0. The Labute approximate surface area is 656 Å². The fourth-order valence-electron chi connectivity index (χ4n) is 15.2. The SMILES string of the molecule is Brc1c2ccccc2c(-c2cccc(C(=C(c3ccccc3)c3ccccc3)c3ccccc3)c2)c2ccccc12.CC1(C)OB(c2cccc(P(C)(C)=O)c2)OC1(C)C.CP(C)(=O)c1cccc(-c2c3ccccc3c(-c3cccc(C(=C(c4ccccc4)c4ccccc4)c4ccccc4)c3)c3ccccc23)c1. The van der Waals surface area contributed by atoms with Crippen LogP contribution in [-0.4, -0.2) is 45.0 Å². The molecule has 0 aliphatic carbocycles. The third kappa shape index (κ3) is 15.5. The van der Waals surface area contributed by atoms with Crippen molar-refractivity contribution >= 4 is 119 Å². The van der Waals surface area contributed by atoms with E-state index in [1.165, 1.54) is 127 Å². The van der Waals surface area contributed by atoms with Gasteiger partial charge in [-0.2, -0.15) is 0 Å². The molecule has 538 valence electrons. The first-order chi connectivity index (χ1) is 53.3. The molecule has 0 bridgehead atoms. The van der Waals surface area contributed by atoms with Gasteiger partial charge in [0.1, 0.15) is 14.3 Å². The Balaban J connectivity index is 0.000000143. The summed E-state index contributed by atoms with van der Waals surface area (Å²) in [6.07, 6.45) is 0. The third-order valence-electron chi connectivity index (χ3n) is 21.3. The zero-order valence-corrected chi connectivity index (χ0v) is 66.7. The second kappa shape index (κ2) is 31.9. The highest BCUT2D eigenvalue weighted by atomic mass is 79.9. The molecular weight excluding hydrogens is 1440 g/mol. The fraction of sp³-hybridized carbons (Fsp3) is 0.0980. The van der Waals surface area contributed by atoms with Gasteiger partial charge in [-0.25, -0.2) is 0 Å². The molecule has 1 aliphatic rings. The Bertz CT molecular complexity index is 6000. The van der Waals surface area contributed by atoms with Gasteiger partial charge in [-0.15, -0.1) is 0 Å². The van der Waals surface area contributed by atoms with Gasteiger partial charge >= 0.3 is 7.12 Å². The normalized spacial score (nSPS) is 13.1. The summed E-state index contributed by atoms with van der Waals surface area (Å²) in [5.41, 5.74) is 21.6. The highest BCUT2D eigenvalue weighted by Crippen LogP contribution is 2.49. The van der Waals surface area contributed by atoms with Crippen molar-refractivity contribution in [1.29, 1.82) is 0 Å². The van der Waals surface area contributed by atoms with Crippen molar-refractivity contribution in [2.24, 2.45) is 0 Å². The minimum absolute atomic E-state index is 0.351. The van der Waals surface area contributed by atoms with Crippen LogP contribution >= 0.6 is 30.2 Å². The lowest BCUT2D eigenvalue weighted by Crippen LogP contribution is -2.41. The smallest absolute Gasteiger partial charge is 0.399 e. The quantitative estimate of drug-likeness (QED) is 0.0471. The molecular formula is C102H86BBrO4P2. The summed E-state index contributed by atoms with van der Waals surface area (Å²) in [4.78, 5) is 0. The molecule has 0 amide bonds. The molecule has 1 heterocycles. The predicted octanol–water partition coefficient (Wildman–Crippen LogP) is 26.2. The van der Waals surface area contributed by atoms with Crippen LogP contribution in [-0.2, 0) is 18.4 Å². The Morgan fingerprint density at radius 3 is 0.791 bits per heavy atom. The summed E-state index contributed by atoms with van der Waals surface area (Å²) in [5, 5.41) is 11.4. The number of hydrogen-bond acceptors (Lipinski definition) is 4. The van der Waals surface area contributed by atoms with Gasteiger partial charge in [-0.3, -0.25) is 0 Å². The third-order valence-corrected chi connectivity index (χ3v) is 25.2. The molecule has 16 aromatic carbocycles. The molecule has 1 aliphatic heterocycles. The first-order valence-corrected chi connectivity index (χ1v) is 43.5. The van der Waals surface area contributed by atoms with Crippen LogP contribution in [0.5, 0.6) is 0 Å². The molecule has 110 heavy (non-hydrogen) atoms. The molecule has 4 nitrogen and oxygen atoms in total. The van der Waals surface area contributed by atoms with E-state index in [4.69, 9.17) is 9.31 Å². The lowest BCUT2D eigenvalue weighted by Gasteiger charge is -2.32. The number of hydrogen-bond donors (Lipinski definition) is 0. The van der Waals surface area contributed by atoms with Gasteiger partial charge in [0.05, 0.1) is 11.2 Å². The van der Waals surface area contributed by atoms with Gasteiger partial charge in [0, 0.05) is 15.1 Å². The predicted molar refractivity (Wildman–Crippen MR) is 476 cm³/mol. The number of halogens is 1. The molecule has 0 unspecified atom stereocenters. The average molecular weight is 1530 g/mol. The average Bonchev–Trinajstić information content (AvgIpc) is 1.09. The van der Waals surface area contributed by atoms with Crippen molar-refractivity contribution in [3.05, 3.63) is 425 Å². The lowest BCUT2D eigenvalue weighted by atomic mass is 9.79. The van der Waals surface area contributed by atoms with E-state index in [2.05, 4.69) is 356 Å². The van der Waals surface area contributed by atoms with E-state index in [1.54, 1.807) is 13.3 Å². The second-order valence-corrected chi connectivity index (χ2v) is 37.1. The molecule has 8 heteroatoms. The Kier molecular flexibility index (Phi) is 21.6.